The minimum absolute atomic E-state index is 0.0976. The molecule has 0 aliphatic heterocycles. The second kappa shape index (κ2) is 8.40. The van der Waals surface area contributed by atoms with Gasteiger partial charge in [0.15, 0.2) is 0 Å². The van der Waals surface area contributed by atoms with E-state index in [1.54, 1.807) is 11.8 Å². The van der Waals surface area contributed by atoms with Crippen LogP contribution in [0.3, 0.4) is 0 Å². The predicted octanol–water partition coefficient (Wildman–Crippen LogP) is 3.39. The number of carbonyl (C=O) groups excluding carboxylic acids is 2. The van der Waals surface area contributed by atoms with Gasteiger partial charge < -0.3 is 9.64 Å². The van der Waals surface area contributed by atoms with Crippen molar-refractivity contribution in [2.45, 2.75) is 66.2 Å². The molecule has 0 aromatic carbocycles. The van der Waals surface area contributed by atoms with Crippen molar-refractivity contribution in [3.8, 4) is 0 Å². The Morgan fingerprint density at radius 2 is 1.81 bits per heavy atom. The quantitative estimate of drug-likeness (QED) is 0.645. The maximum absolute atomic E-state index is 13.1. The summed E-state index contributed by atoms with van der Waals surface area (Å²) in [6, 6.07) is 0. The van der Waals surface area contributed by atoms with E-state index >= 15 is 0 Å². The second-order valence-electron chi connectivity index (χ2n) is 6.62. The Bertz CT molecular complexity index is 346. The van der Waals surface area contributed by atoms with Gasteiger partial charge in [-0.15, -0.1) is 0 Å². The largest absolute Gasteiger partial charge is 0.465 e. The molecule has 1 aliphatic carbocycles. The molecule has 0 bridgehead atoms. The van der Waals surface area contributed by atoms with E-state index in [0.717, 1.165) is 38.5 Å². The van der Waals surface area contributed by atoms with Gasteiger partial charge in [0.2, 0.25) is 5.91 Å². The molecule has 21 heavy (non-hydrogen) atoms. The van der Waals surface area contributed by atoms with Crippen molar-refractivity contribution in [3.63, 3.8) is 0 Å². The average molecular weight is 297 g/mol. The molecule has 4 nitrogen and oxygen atoms in total. The lowest BCUT2D eigenvalue weighted by Gasteiger charge is -2.35. The molecule has 1 saturated carbocycles. The topological polar surface area (TPSA) is 46.6 Å². The minimum Gasteiger partial charge on any atom is -0.465 e. The first-order valence-corrected chi connectivity index (χ1v) is 8.40. The van der Waals surface area contributed by atoms with Crippen LogP contribution in [0.1, 0.15) is 66.2 Å². The molecule has 0 atom stereocenters. The first-order valence-electron chi connectivity index (χ1n) is 8.40. The highest BCUT2D eigenvalue weighted by Gasteiger charge is 2.43. The van der Waals surface area contributed by atoms with Crippen molar-refractivity contribution in [2.24, 2.45) is 11.3 Å². The smallest absolute Gasteiger partial charge is 0.325 e. The molecule has 1 amide bonds. The number of esters is 1. The molecular formula is C17H31NO3. The number of ether oxygens (including phenoxy) is 1. The Morgan fingerprint density at radius 1 is 1.19 bits per heavy atom. The van der Waals surface area contributed by atoms with Crippen LogP contribution in [0, 0.1) is 11.3 Å². The lowest BCUT2D eigenvalue weighted by Crippen LogP contribution is -2.46. The van der Waals surface area contributed by atoms with E-state index in [1.165, 1.54) is 0 Å². The van der Waals surface area contributed by atoms with Crippen LogP contribution in [0.15, 0.2) is 0 Å². The molecule has 0 spiro atoms. The van der Waals surface area contributed by atoms with Gasteiger partial charge in [-0.2, -0.15) is 0 Å². The fraction of sp³-hybridized carbons (Fsp3) is 0.882. The van der Waals surface area contributed by atoms with Crippen LogP contribution in [-0.4, -0.2) is 36.5 Å². The Balaban J connectivity index is 2.83. The summed E-state index contributed by atoms with van der Waals surface area (Å²) < 4.78 is 5.01. The van der Waals surface area contributed by atoms with Crippen molar-refractivity contribution >= 4 is 11.9 Å². The molecule has 0 heterocycles. The molecule has 1 fully saturated rings. The van der Waals surface area contributed by atoms with Crippen LogP contribution in [0.25, 0.3) is 0 Å². The van der Waals surface area contributed by atoms with Gasteiger partial charge >= 0.3 is 5.97 Å². The summed E-state index contributed by atoms with van der Waals surface area (Å²) in [5.41, 5.74) is -0.240. The van der Waals surface area contributed by atoms with E-state index in [1.807, 2.05) is 6.92 Å². The van der Waals surface area contributed by atoms with Crippen LogP contribution in [0.2, 0.25) is 0 Å². The second-order valence-corrected chi connectivity index (χ2v) is 6.62. The molecule has 0 aromatic heterocycles. The number of hydrogen-bond donors (Lipinski definition) is 0. The third-order valence-corrected chi connectivity index (χ3v) is 4.22. The van der Waals surface area contributed by atoms with Crippen molar-refractivity contribution in [3.05, 3.63) is 0 Å². The van der Waals surface area contributed by atoms with E-state index in [2.05, 4.69) is 13.8 Å². The first-order chi connectivity index (χ1) is 9.95. The molecule has 1 aliphatic rings. The minimum atomic E-state index is -0.294. The number of hydrogen-bond acceptors (Lipinski definition) is 3. The molecule has 0 N–H and O–H groups in total. The van der Waals surface area contributed by atoms with Crippen molar-refractivity contribution in [1.82, 2.24) is 4.90 Å². The van der Waals surface area contributed by atoms with Crippen LogP contribution in [0.4, 0.5) is 0 Å². The van der Waals surface area contributed by atoms with Crippen LogP contribution >= 0.6 is 0 Å². The van der Waals surface area contributed by atoms with Crippen LogP contribution < -0.4 is 0 Å². The Labute approximate surface area is 129 Å². The Kier molecular flexibility index (Phi) is 7.20. The molecule has 0 saturated heterocycles. The maximum atomic E-state index is 13.1. The SMILES string of the molecule is CCCN(CC(=O)OCC)C(=O)C1(CC(C)C)CCCC1. The summed E-state index contributed by atoms with van der Waals surface area (Å²) in [6.07, 6.45) is 5.97. The highest BCUT2D eigenvalue weighted by molar-refractivity contribution is 5.86. The number of nitrogens with zero attached hydrogens (tertiary/aromatic N) is 1. The van der Waals surface area contributed by atoms with Gasteiger partial charge in [0, 0.05) is 12.0 Å². The van der Waals surface area contributed by atoms with Gasteiger partial charge in [-0.25, -0.2) is 0 Å². The van der Waals surface area contributed by atoms with Gasteiger partial charge in [-0.05, 0) is 38.5 Å². The maximum Gasteiger partial charge on any atom is 0.325 e. The van der Waals surface area contributed by atoms with Gasteiger partial charge in [0.25, 0.3) is 0 Å². The predicted molar refractivity (Wildman–Crippen MR) is 83.9 cm³/mol. The van der Waals surface area contributed by atoms with E-state index in [4.69, 9.17) is 4.74 Å². The molecule has 1 rings (SSSR count). The lowest BCUT2D eigenvalue weighted by atomic mass is 9.77. The van der Waals surface area contributed by atoms with Crippen molar-refractivity contribution < 1.29 is 14.3 Å². The van der Waals surface area contributed by atoms with Crippen molar-refractivity contribution in [1.29, 1.82) is 0 Å². The Hall–Kier alpha value is -1.06. The normalized spacial score (nSPS) is 17.0. The van der Waals surface area contributed by atoms with E-state index in [0.29, 0.717) is 19.1 Å². The zero-order valence-corrected chi connectivity index (χ0v) is 14.1. The summed E-state index contributed by atoms with van der Waals surface area (Å²) in [6.45, 7) is 9.27. The zero-order valence-electron chi connectivity index (χ0n) is 14.1. The monoisotopic (exact) mass is 297 g/mol. The fourth-order valence-corrected chi connectivity index (χ4v) is 3.56. The third kappa shape index (κ3) is 5.01. The third-order valence-electron chi connectivity index (χ3n) is 4.22. The fourth-order valence-electron chi connectivity index (χ4n) is 3.56. The van der Waals surface area contributed by atoms with Crippen LogP contribution in [0.5, 0.6) is 0 Å². The number of carbonyl (C=O) groups is 2. The van der Waals surface area contributed by atoms with E-state index in [-0.39, 0.29) is 23.8 Å². The van der Waals surface area contributed by atoms with Gasteiger partial charge in [0.1, 0.15) is 6.54 Å². The number of amides is 1. The molecular weight excluding hydrogens is 266 g/mol. The molecule has 0 unspecified atom stereocenters. The van der Waals surface area contributed by atoms with Gasteiger partial charge in [-0.3, -0.25) is 9.59 Å². The first kappa shape index (κ1) is 18.0. The summed E-state index contributed by atoms with van der Waals surface area (Å²) in [7, 11) is 0. The average Bonchev–Trinajstić information content (AvgIpc) is 2.86. The van der Waals surface area contributed by atoms with E-state index < -0.39 is 0 Å². The van der Waals surface area contributed by atoms with Gasteiger partial charge in [0.05, 0.1) is 6.61 Å². The molecule has 0 radical (unpaired) electrons. The summed E-state index contributed by atoms with van der Waals surface area (Å²) in [5, 5.41) is 0. The number of rotatable bonds is 8. The summed E-state index contributed by atoms with van der Waals surface area (Å²) >= 11 is 0. The van der Waals surface area contributed by atoms with Crippen molar-refractivity contribution in [2.75, 3.05) is 19.7 Å². The zero-order chi connectivity index (χ0) is 15.9. The summed E-state index contributed by atoms with van der Waals surface area (Å²) in [4.78, 5) is 26.5. The lowest BCUT2D eigenvalue weighted by molar-refractivity contribution is -0.153. The standard InChI is InChI=1S/C17H31NO3/c1-5-11-18(13-15(19)21-6-2)16(20)17(12-14(3)4)9-7-8-10-17/h14H,5-13H2,1-4H3. The molecule has 122 valence electrons. The highest BCUT2D eigenvalue weighted by Crippen LogP contribution is 2.44. The van der Waals surface area contributed by atoms with E-state index in [9.17, 15) is 9.59 Å². The van der Waals surface area contributed by atoms with Gasteiger partial charge in [-0.1, -0.05) is 33.6 Å². The summed E-state index contributed by atoms with van der Waals surface area (Å²) in [5.74, 6) is 0.374. The molecule has 4 heteroatoms. The van der Waals surface area contributed by atoms with Crippen LogP contribution in [-0.2, 0) is 14.3 Å². The molecule has 0 aromatic rings. The highest BCUT2D eigenvalue weighted by atomic mass is 16.5. The Morgan fingerprint density at radius 3 is 2.29 bits per heavy atom.